The van der Waals surface area contributed by atoms with Crippen molar-refractivity contribution in [2.75, 3.05) is 52.0 Å². The SMILES string of the molecule is COCCNCC1(CCOC)CCS(=O)(=O)C1. The molecule has 1 aliphatic rings. The predicted octanol–water partition coefficient (Wildman–Crippen LogP) is 0.0638. The van der Waals surface area contributed by atoms with Crippen LogP contribution in [0, 0.1) is 5.41 Å². The Kier molecular flexibility index (Phi) is 5.85. The van der Waals surface area contributed by atoms with Crippen molar-refractivity contribution in [2.24, 2.45) is 5.41 Å². The van der Waals surface area contributed by atoms with E-state index < -0.39 is 9.84 Å². The standard InChI is InChI=1S/C11H23NO4S/c1-15-6-3-11(9-12-5-7-16-2)4-8-17(13,14)10-11/h12H,3-10H2,1-2H3. The lowest BCUT2D eigenvalue weighted by Gasteiger charge is -2.27. The van der Waals surface area contributed by atoms with Crippen LogP contribution in [0.25, 0.3) is 0 Å². The molecule has 1 saturated heterocycles. The fraction of sp³-hybridized carbons (Fsp3) is 1.00. The van der Waals surface area contributed by atoms with Gasteiger partial charge in [0.25, 0.3) is 0 Å². The lowest BCUT2D eigenvalue weighted by molar-refractivity contribution is 0.141. The minimum atomic E-state index is -2.85. The molecule has 5 nitrogen and oxygen atoms in total. The Labute approximate surface area is 104 Å². The molecule has 0 aromatic rings. The summed E-state index contributed by atoms with van der Waals surface area (Å²) in [6.45, 7) is 2.73. The Morgan fingerprint density at radius 2 is 1.94 bits per heavy atom. The van der Waals surface area contributed by atoms with Crippen molar-refractivity contribution < 1.29 is 17.9 Å². The van der Waals surface area contributed by atoms with Crippen molar-refractivity contribution in [1.29, 1.82) is 0 Å². The van der Waals surface area contributed by atoms with Crippen molar-refractivity contribution in [1.82, 2.24) is 5.32 Å². The third kappa shape index (κ3) is 4.91. The van der Waals surface area contributed by atoms with E-state index in [0.29, 0.717) is 19.0 Å². The maximum absolute atomic E-state index is 11.6. The summed E-state index contributed by atoms with van der Waals surface area (Å²) in [6.07, 6.45) is 1.53. The van der Waals surface area contributed by atoms with Crippen LogP contribution in [-0.2, 0) is 19.3 Å². The Morgan fingerprint density at radius 1 is 1.24 bits per heavy atom. The van der Waals surface area contributed by atoms with Gasteiger partial charge in [0, 0.05) is 33.9 Å². The highest BCUT2D eigenvalue weighted by molar-refractivity contribution is 7.91. The summed E-state index contributed by atoms with van der Waals surface area (Å²) in [4.78, 5) is 0. The summed E-state index contributed by atoms with van der Waals surface area (Å²) in [5.74, 6) is 0.589. The second-order valence-electron chi connectivity index (χ2n) is 4.75. The van der Waals surface area contributed by atoms with Crippen molar-refractivity contribution in [2.45, 2.75) is 12.8 Å². The maximum Gasteiger partial charge on any atom is 0.150 e. The first-order valence-corrected chi connectivity index (χ1v) is 7.75. The first-order valence-electron chi connectivity index (χ1n) is 5.93. The van der Waals surface area contributed by atoms with Gasteiger partial charge in [0.1, 0.15) is 0 Å². The first kappa shape index (κ1) is 14.9. The molecule has 1 heterocycles. The average molecular weight is 265 g/mol. The van der Waals surface area contributed by atoms with E-state index in [4.69, 9.17) is 9.47 Å². The van der Waals surface area contributed by atoms with Crippen LogP contribution >= 0.6 is 0 Å². The second kappa shape index (κ2) is 6.68. The van der Waals surface area contributed by atoms with Gasteiger partial charge < -0.3 is 14.8 Å². The van der Waals surface area contributed by atoms with Gasteiger partial charge in [-0.15, -0.1) is 0 Å². The van der Waals surface area contributed by atoms with E-state index in [2.05, 4.69) is 5.32 Å². The van der Waals surface area contributed by atoms with Crippen LogP contribution < -0.4 is 5.32 Å². The van der Waals surface area contributed by atoms with Crippen molar-refractivity contribution in [3.05, 3.63) is 0 Å². The second-order valence-corrected chi connectivity index (χ2v) is 6.94. The minimum absolute atomic E-state index is 0.150. The van der Waals surface area contributed by atoms with Gasteiger partial charge in [-0.25, -0.2) is 8.42 Å². The maximum atomic E-state index is 11.6. The number of ether oxygens (including phenoxy) is 2. The molecule has 0 saturated carbocycles. The Balaban J connectivity index is 2.49. The van der Waals surface area contributed by atoms with Gasteiger partial charge in [0.2, 0.25) is 0 Å². The van der Waals surface area contributed by atoms with Crippen molar-refractivity contribution in [3.63, 3.8) is 0 Å². The van der Waals surface area contributed by atoms with Crippen LogP contribution in [0.5, 0.6) is 0 Å². The molecule has 0 amide bonds. The summed E-state index contributed by atoms with van der Waals surface area (Å²) in [7, 11) is 0.450. The number of sulfone groups is 1. The smallest absolute Gasteiger partial charge is 0.150 e. The van der Waals surface area contributed by atoms with Gasteiger partial charge in [0.05, 0.1) is 18.1 Å². The fourth-order valence-corrected chi connectivity index (χ4v) is 4.47. The van der Waals surface area contributed by atoms with Crippen LogP contribution in [0.2, 0.25) is 0 Å². The van der Waals surface area contributed by atoms with E-state index in [1.165, 1.54) is 0 Å². The molecule has 1 aliphatic heterocycles. The molecule has 6 heteroatoms. The zero-order valence-electron chi connectivity index (χ0n) is 10.7. The Hall–Kier alpha value is -0.170. The molecule has 0 bridgehead atoms. The molecule has 1 rings (SSSR count). The quantitative estimate of drug-likeness (QED) is 0.629. The summed E-state index contributed by atoms with van der Waals surface area (Å²) < 4.78 is 33.2. The molecular formula is C11H23NO4S. The largest absolute Gasteiger partial charge is 0.385 e. The van der Waals surface area contributed by atoms with Crippen LogP contribution in [0.3, 0.4) is 0 Å². The van der Waals surface area contributed by atoms with E-state index >= 15 is 0 Å². The lowest BCUT2D eigenvalue weighted by Crippen LogP contribution is -2.37. The number of methoxy groups -OCH3 is 2. The molecule has 1 N–H and O–H groups in total. The molecular weight excluding hydrogens is 242 g/mol. The molecule has 0 aromatic heterocycles. The third-order valence-electron chi connectivity index (χ3n) is 3.29. The van der Waals surface area contributed by atoms with Gasteiger partial charge in [-0.05, 0) is 18.3 Å². The number of hydrogen-bond acceptors (Lipinski definition) is 5. The normalized spacial score (nSPS) is 27.4. The van der Waals surface area contributed by atoms with Crippen LogP contribution in [0.1, 0.15) is 12.8 Å². The molecule has 0 spiro atoms. The molecule has 102 valence electrons. The monoisotopic (exact) mass is 265 g/mol. The average Bonchev–Trinajstić information content (AvgIpc) is 2.59. The van der Waals surface area contributed by atoms with Crippen LogP contribution in [-0.4, -0.2) is 60.4 Å². The van der Waals surface area contributed by atoms with E-state index in [0.717, 1.165) is 25.9 Å². The van der Waals surface area contributed by atoms with Crippen LogP contribution in [0.15, 0.2) is 0 Å². The van der Waals surface area contributed by atoms with E-state index in [1.54, 1.807) is 14.2 Å². The molecule has 1 fully saturated rings. The van der Waals surface area contributed by atoms with E-state index in [-0.39, 0.29) is 11.2 Å². The van der Waals surface area contributed by atoms with Crippen LogP contribution in [0.4, 0.5) is 0 Å². The van der Waals surface area contributed by atoms with Crippen molar-refractivity contribution in [3.8, 4) is 0 Å². The number of rotatable bonds is 8. The number of hydrogen-bond donors (Lipinski definition) is 1. The predicted molar refractivity (Wildman–Crippen MR) is 66.9 cm³/mol. The third-order valence-corrected chi connectivity index (χ3v) is 5.17. The zero-order valence-corrected chi connectivity index (χ0v) is 11.5. The lowest BCUT2D eigenvalue weighted by atomic mass is 9.84. The summed E-state index contributed by atoms with van der Waals surface area (Å²) in [6, 6.07) is 0. The highest BCUT2D eigenvalue weighted by Gasteiger charge is 2.41. The van der Waals surface area contributed by atoms with Gasteiger partial charge in [-0.3, -0.25) is 0 Å². The Bertz CT molecular complexity index is 317. The van der Waals surface area contributed by atoms with Crippen molar-refractivity contribution >= 4 is 9.84 Å². The summed E-state index contributed by atoms with van der Waals surface area (Å²) in [5, 5.41) is 3.27. The molecule has 0 aromatic carbocycles. The van der Waals surface area contributed by atoms with Gasteiger partial charge >= 0.3 is 0 Å². The molecule has 0 radical (unpaired) electrons. The highest BCUT2D eigenvalue weighted by atomic mass is 32.2. The Morgan fingerprint density at radius 3 is 2.47 bits per heavy atom. The molecule has 1 unspecified atom stereocenters. The van der Waals surface area contributed by atoms with E-state index in [1.807, 2.05) is 0 Å². The molecule has 17 heavy (non-hydrogen) atoms. The minimum Gasteiger partial charge on any atom is -0.385 e. The van der Waals surface area contributed by atoms with Gasteiger partial charge in [0.15, 0.2) is 9.84 Å². The summed E-state index contributed by atoms with van der Waals surface area (Å²) >= 11 is 0. The fourth-order valence-electron chi connectivity index (χ4n) is 2.25. The first-order chi connectivity index (χ1) is 8.04. The van der Waals surface area contributed by atoms with E-state index in [9.17, 15) is 8.42 Å². The zero-order chi connectivity index (χ0) is 12.8. The number of nitrogens with one attached hydrogen (secondary N) is 1. The summed E-state index contributed by atoms with van der Waals surface area (Å²) in [5.41, 5.74) is -0.150. The molecule has 1 atom stereocenters. The van der Waals surface area contributed by atoms with Gasteiger partial charge in [-0.2, -0.15) is 0 Å². The molecule has 0 aliphatic carbocycles. The highest BCUT2D eigenvalue weighted by Crippen LogP contribution is 2.35. The van der Waals surface area contributed by atoms with Gasteiger partial charge in [-0.1, -0.05) is 0 Å². The topological polar surface area (TPSA) is 64.6 Å².